The van der Waals surface area contributed by atoms with Crippen LogP contribution in [-0.2, 0) is 11.8 Å². The van der Waals surface area contributed by atoms with Crippen molar-refractivity contribution in [3.63, 3.8) is 0 Å². The van der Waals surface area contributed by atoms with Crippen LogP contribution in [0.5, 0.6) is 0 Å². The minimum Gasteiger partial charge on any atom is -0.271 e. The molecule has 1 rings (SSSR count). The quantitative estimate of drug-likeness (QED) is 0.534. The standard InChI is InChI=1S/C19H34NPS/c1-6-8-15-20(16-9-7-2)21(22,17-19(3,4)5)18-13-11-10-12-14-18/h10-14H,6-9,15-17H2,1-5H3. The Morgan fingerprint density at radius 3 is 1.86 bits per heavy atom. The van der Waals surface area contributed by atoms with Crippen molar-refractivity contribution >= 4 is 23.3 Å². The average Bonchev–Trinajstić information content (AvgIpc) is 2.46. The fourth-order valence-corrected chi connectivity index (χ4v) is 8.35. The second-order valence-electron chi connectivity index (χ2n) is 7.42. The summed E-state index contributed by atoms with van der Waals surface area (Å²) in [5.74, 6) is 0. The van der Waals surface area contributed by atoms with E-state index in [1.54, 1.807) is 0 Å². The lowest BCUT2D eigenvalue weighted by Crippen LogP contribution is -2.33. The van der Waals surface area contributed by atoms with E-state index in [9.17, 15) is 0 Å². The van der Waals surface area contributed by atoms with Gasteiger partial charge in [0.15, 0.2) is 0 Å². The van der Waals surface area contributed by atoms with E-state index in [4.69, 9.17) is 11.8 Å². The van der Waals surface area contributed by atoms with E-state index in [2.05, 4.69) is 69.6 Å². The summed E-state index contributed by atoms with van der Waals surface area (Å²) in [7, 11) is 0. The molecule has 3 heteroatoms. The van der Waals surface area contributed by atoms with E-state index in [0.29, 0.717) is 0 Å². The average molecular weight is 340 g/mol. The lowest BCUT2D eigenvalue weighted by molar-refractivity contribution is 0.414. The van der Waals surface area contributed by atoms with Crippen molar-refractivity contribution in [2.45, 2.75) is 60.3 Å². The first-order valence-corrected chi connectivity index (χ1v) is 11.7. The van der Waals surface area contributed by atoms with Crippen molar-refractivity contribution in [3.8, 4) is 0 Å². The predicted molar refractivity (Wildman–Crippen MR) is 106 cm³/mol. The molecule has 0 bridgehead atoms. The third-order valence-electron chi connectivity index (χ3n) is 3.84. The van der Waals surface area contributed by atoms with E-state index < -0.39 is 6.19 Å². The lowest BCUT2D eigenvalue weighted by Gasteiger charge is -2.39. The third kappa shape index (κ3) is 6.14. The summed E-state index contributed by atoms with van der Waals surface area (Å²) in [6.07, 6.45) is 4.40. The summed E-state index contributed by atoms with van der Waals surface area (Å²) in [5, 5.41) is 1.40. The molecule has 1 aromatic rings. The van der Waals surface area contributed by atoms with Crippen LogP contribution in [0.25, 0.3) is 0 Å². The SMILES string of the molecule is CCCCN(CCCC)P(=S)(CC(C)(C)C)c1ccccc1. The molecule has 0 heterocycles. The number of hydrogen-bond donors (Lipinski definition) is 0. The first-order valence-electron chi connectivity index (χ1n) is 8.73. The van der Waals surface area contributed by atoms with Crippen LogP contribution in [0.2, 0.25) is 0 Å². The molecule has 1 aromatic carbocycles. The van der Waals surface area contributed by atoms with E-state index in [1.165, 1.54) is 31.0 Å². The minimum atomic E-state index is -1.70. The summed E-state index contributed by atoms with van der Waals surface area (Å²) in [4.78, 5) is 0. The van der Waals surface area contributed by atoms with Gasteiger partial charge in [-0.3, -0.25) is 4.67 Å². The Kier molecular flexibility index (Phi) is 8.32. The number of benzene rings is 1. The van der Waals surface area contributed by atoms with Crippen LogP contribution in [0.1, 0.15) is 60.3 Å². The lowest BCUT2D eigenvalue weighted by atomic mass is 10.0. The number of unbranched alkanes of at least 4 members (excludes halogenated alkanes) is 2. The van der Waals surface area contributed by atoms with Crippen LogP contribution in [0.4, 0.5) is 0 Å². The Morgan fingerprint density at radius 2 is 1.45 bits per heavy atom. The zero-order valence-electron chi connectivity index (χ0n) is 15.1. The van der Waals surface area contributed by atoms with Gasteiger partial charge in [-0.1, -0.05) is 89.6 Å². The van der Waals surface area contributed by atoms with Crippen molar-refractivity contribution in [1.29, 1.82) is 0 Å². The van der Waals surface area contributed by atoms with Crippen LogP contribution >= 0.6 is 6.19 Å². The van der Waals surface area contributed by atoms with Crippen molar-refractivity contribution in [3.05, 3.63) is 30.3 Å². The monoisotopic (exact) mass is 339 g/mol. The van der Waals surface area contributed by atoms with E-state index in [1.807, 2.05) is 0 Å². The van der Waals surface area contributed by atoms with Gasteiger partial charge in [0.25, 0.3) is 0 Å². The summed E-state index contributed by atoms with van der Waals surface area (Å²) < 4.78 is 2.68. The Labute approximate surface area is 143 Å². The van der Waals surface area contributed by atoms with Gasteiger partial charge in [-0.15, -0.1) is 0 Å². The molecule has 0 amide bonds. The molecule has 1 unspecified atom stereocenters. The second kappa shape index (κ2) is 9.21. The highest BCUT2D eigenvalue weighted by Gasteiger charge is 2.31. The maximum Gasteiger partial charge on any atom is 0.0434 e. The fourth-order valence-electron chi connectivity index (χ4n) is 2.77. The highest BCUT2D eigenvalue weighted by atomic mass is 32.4. The summed E-state index contributed by atoms with van der Waals surface area (Å²) >= 11 is 6.40. The van der Waals surface area contributed by atoms with Gasteiger partial charge < -0.3 is 0 Å². The van der Waals surface area contributed by atoms with Crippen LogP contribution in [0.3, 0.4) is 0 Å². The van der Waals surface area contributed by atoms with Crippen molar-refractivity contribution < 1.29 is 0 Å². The molecule has 0 N–H and O–H groups in total. The third-order valence-corrected chi connectivity index (χ3v) is 9.35. The largest absolute Gasteiger partial charge is 0.271 e. The molecule has 0 aromatic heterocycles. The first-order chi connectivity index (χ1) is 10.3. The number of hydrogen-bond acceptors (Lipinski definition) is 1. The van der Waals surface area contributed by atoms with Gasteiger partial charge in [-0.05, 0) is 29.7 Å². The van der Waals surface area contributed by atoms with Crippen LogP contribution in [0.15, 0.2) is 30.3 Å². The van der Waals surface area contributed by atoms with Gasteiger partial charge in [-0.2, -0.15) is 0 Å². The topological polar surface area (TPSA) is 3.24 Å². The Hall–Kier alpha value is -0.170. The number of rotatable bonds is 9. The zero-order valence-corrected chi connectivity index (χ0v) is 16.9. The molecule has 22 heavy (non-hydrogen) atoms. The summed E-state index contributed by atoms with van der Waals surface area (Å²) in [6.45, 7) is 13.8. The molecule has 1 nitrogen and oxygen atoms in total. The Balaban J connectivity index is 3.17. The van der Waals surface area contributed by atoms with Gasteiger partial charge in [0, 0.05) is 19.3 Å². The number of nitrogens with zero attached hydrogens (tertiary/aromatic N) is 1. The molecule has 0 spiro atoms. The molecular formula is C19H34NPS. The van der Waals surface area contributed by atoms with E-state index in [-0.39, 0.29) is 5.41 Å². The smallest absolute Gasteiger partial charge is 0.0434 e. The molecule has 0 fully saturated rings. The molecule has 0 saturated carbocycles. The molecule has 1 atom stereocenters. The minimum absolute atomic E-state index is 0.266. The van der Waals surface area contributed by atoms with Gasteiger partial charge >= 0.3 is 0 Å². The Bertz CT molecular complexity index is 456. The van der Waals surface area contributed by atoms with Crippen molar-refractivity contribution in [2.75, 3.05) is 19.3 Å². The Morgan fingerprint density at radius 1 is 0.955 bits per heavy atom. The maximum absolute atomic E-state index is 6.40. The highest BCUT2D eigenvalue weighted by molar-refractivity contribution is 8.17. The zero-order chi connectivity index (χ0) is 16.6. The highest BCUT2D eigenvalue weighted by Crippen LogP contribution is 2.53. The van der Waals surface area contributed by atoms with Crippen LogP contribution < -0.4 is 5.30 Å². The summed E-state index contributed by atoms with van der Waals surface area (Å²) in [5.41, 5.74) is 0.266. The van der Waals surface area contributed by atoms with Gasteiger partial charge in [0.05, 0.1) is 0 Å². The molecule has 0 saturated heterocycles. The van der Waals surface area contributed by atoms with Crippen LogP contribution in [-0.4, -0.2) is 23.9 Å². The molecule has 126 valence electrons. The van der Waals surface area contributed by atoms with Crippen molar-refractivity contribution in [1.82, 2.24) is 4.67 Å². The maximum atomic E-state index is 6.40. The fraction of sp³-hybridized carbons (Fsp3) is 0.684. The molecule has 0 radical (unpaired) electrons. The molecule has 0 aliphatic carbocycles. The van der Waals surface area contributed by atoms with Crippen molar-refractivity contribution in [2.24, 2.45) is 5.41 Å². The molecule has 0 aliphatic heterocycles. The van der Waals surface area contributed by atoms with Gasteiger partial charge in [-0.25, -0.2) is 0 Å². The molecule has 0 aliphatic rings. The second-order valence-corrected chi connectivity index (χ2v) is 12.0. The van der Waals surface area contributed by atoms with Crippen LogP contribution in [0, 0.1) is 5.41 Å². The van der Waals surface area contributed by atoms with E-state index in [0.717, 1.165) is 19.3 Å². The first kappa shape index (κ1) is 19.9. The van der Waals surface area contributed by atoms with E-state index >= 15 is 0 Å². The molecular weight excluding hydrogens is 305 g/mol. The summed E-state index contributed by atoms with van der Waals surface area (Å²) in [6, 6.07) is 10.9. The van der Waals surface area contributed by atoms with Gasteiger partial charge in [0.2, 0.25) is 0 Å². The normalized spacial score (nSPS) is 15.0. The van der Waals surface area contributed by atoms with Gasteiger partial charge in [0.1, 0.15) is 0 Å². The predicted octanol–water partition coefficient (Wildman–Crippen LogP) is 5.65.